The molecule has 0 bridgehead atoms. The predicted octanol–water partition coefficient (Wildman–Crippen LogP) is 7.15. The van der Waals surface area contributed by atoms with Crippen LogP contribution in [0, 0.1) is 13.8 Å². The molecule has 0 spiro atoms. The highest BCUT2D eigenvalue weighted by Gasteiger charge is 2.39. The maximum absolute atomic E-state index is 13.0. The van der Waals surface area contributed by atoms with Crippen molar-refractivity contribution in [1.82, 2.24) is 10.6 Å². The van der Waals surface area contributed by atoms with E-state index in [2.05, 4.69) is 96.5 Å². The minimum atomic E-state index is -2.13. The summed E-state index contributed by atoms with van der Waals surface area (Å²) in [5.41, 5.74) is 6.63. The molecule has 4 N–H and O–H groups in total. The second-order valence-electron chi connectivity index (χ2n) is 14.0. The van der Waals surface area contributed by atoms with Gasteiger partial charge in [0.15, 0.2) is 8.32 Å². The Morgan fingerprint density at radius 1 is 0.930 bits per heavy atom. The third-order valence-corrected chi connectivity index (χ3v) is 13.2. The van der Waals surface area contributed by atoms with Crippen LogP contribution in [0.4, 0.5) is 0 Å². The molecule has 0 saturated carbocycles. The summed E-state index contributed by atoms with van der Waals surface area (Å²) < 4.78 is 6.87. The van der Waals surface area contributed by atoms with E-state index in [1.165, 1.54) is 16.7 Å². The largest absolute Gasteiger partial charge is 0.508 e. The molecule has 0 aliphatic rings. The van der Waals surface area contributed by atoms with E-state index < -0.39 is 8.32 Å². The lowest BCUT2D eigenvalue weighted by Crippen LogP contribution is -2.47. The molecular formula is C36H52N2O4Si. The first-order valence-electron chi connectivity index (χ1n) is 15.3. The lowest BCUT2D eigenvalue weighted by atomic mass is 9.93. The molecular weight excluding hydrogens is 552 g/mol. The molecule has 1 amide bonds. The molecule has 6 nitrogen and oxygen atoms in total. The van der Waals surface area contributed by atoms with Gasteiger partial charge in [0.1, 0.15) is 5.75 Å². The lowest BCUT2D eigenvalue weighted by Gasteiger charge is -2.40. The Morgan fingerprint density at radius 2 is 1.65 bits per heavy atom. The smallest absolute Gasteiger partial charge is 0.251 e. The number of aliphatic hydroxyl groups is 1. The molecule has 3 aromatic carbocycles. The number of benzene rings is 3. The number of rotatable bonds is 13. The van der Waals surface area contributed by atoms with Crippen LogP contribution in [0.15, 0.2) is 60.7 Å². The Morgan fingerprint density at radius 3 is 2.30 bits per heavy atom. The summed E-state index contributed by atoms with van der Waals surface area (Å²) in [6.07, 6.45) is 1.27. The standard InChI is InChI=1S/C36H52N2O4Si/c1-25-13-14-27(19-26(25)2)17-18-37-34(41)30-12-10-11-28(20-30)22-36(6,7)38-23-33(42-43(8,9)35(3,4)5)29-15-16-32(40)31(21-29)24-39/h10-16,19-21,33,38-40H,17-18,22-24H2,1-9H3,(H,37,41)/t33-/m1/s1. The average molecular weight is 605 g/mol. The fraction of sp³-hybridized carbons (Fsp3) is 0.472. The number of carbonyl (C=O) groups is 1. The van der Waals surface area contributed by atoms with Crippen molar-refractivity contribution in [3.8, 4) is 5.75 Å². The molecule has 0 unspecified atom stereocenters. The van der Waals surface area contributed by atoms with Crippen molar-refractivity contribution in [3.63, 3.8) is 0 Å². The van der Waals surface area contributed by atoms with E-state index in [1.807, 2.05) is 30.3 Å². The maximum atomic E-state index is 13.0. The van der Waals surface area contributed by atoms with Crippen molar-refractivity contribution < 1.29 is 19.4 Å². The van der Waals surface area contributed by atoms with Crippen LogP contribution in [-0.2, 0) is 23.9 Å². The first kappa shape index (κ1) is 34.5. The van der Waals surface area contributed by atoms with E-state index in [9.17, 15) is 15.0 Å². The SMILES string of the molecule is Cc1ccc(CCNC(=O)c2cccc(CC(C)(C)NC[C@@H](O[Si](C)(C)C(C)(C)C)c3ccc(O)c(CO)c3)c2)cc1C. The van der Waals surface area contributed by atoms with E-state index in [0.717, 1.165) is 24.0 Å². The van der Waals surface area contributed by atoms with Crippen LogP contribution in [0.3, 0.4) is 0 Å². The van der Waals surface area contributed by atoms with E-state index >= 15 is 0 Å². The highest BCUT2D eigenvalue weighted by atomic mass is 28.4. The van der Waals surface area contributed by atoms with Gasteiger partial charge in [0.2, 0.25) is 0 Å². The number of aryl methyl sites for hydroxylation is 2. The van der Waals surface area contributed by atoms with Crippen LogP contribution >= 0.6 is 0 Å². The van der Waals surface area contributed by atoms with Crippen LogP contribution in [0.2, 0.25) is 18.1 Å². The van der Waals surface area contributed by atoms with E-state index in [0.29, 0.717) is 24.2 Å². The highest BCUT2D eigenvalue weighted by Crippen LogP contribution is 2.40. The number of aliphatic hydroxyl groups excluding tert-OH is 1. The zero-order chi connectivity index (χ0) is 32.0. The van der Waals surface area contributed by atoms with Crippen LogP contribution in [0.25, 0.3) is 0 Å². The highest BCUT2D eigenvalue weighted by molar-refractivity contribution is 6.74. The molecule has 3 rings (SSSR count). The number of carbonyl (C=O) groups excluding carboxylic acids is 1. The minimum absolute atomic E-state index is 0.0254. The lowest BCUT2D eigenvalue weighted by molar-refractivity contribution is 0.0954. The second kappa shape index (κ2) is 14.2. The summed E-state index contributed by atoms with van der Waals surface area (Å²) in [5, 5.41) is 26.7. The van der Waals surface area contributed by atoms with Crippen molar-refractivity contribution >= 4 is 14.2 Å². The Labute approximate surface area is 260 Å². The zero-order valence-corrected chi connectivity index (χ0v) is 28.6. The van der Waals surface area contributed by atoms with Gasteiger partial charge in [-0.2, -0.15) is 0 Å². The van der Waals surface area contributed by atoms with Crippen molar-refractivity contribution in [2.24, 2.45) is 0 Å². The Balaban J connectivity index is 1.68. The summed E-state index contributed by atoms with van der Waals surface area (Å²) in [4.78, 5) is 13.0. The number of hydrogen-bond donors (Lipinski definition) is 4. The van der Waals surface area contributed by atoms with Crippen molar-refractivity contribution in [2.45, 2.75) is 97.7 Å². The molecule has 0 aliphatic carbocycles. The predicted molar refractivity (Wildman–Crippen MR) is 179 cm³/mol. The van der Waals surface area contributed by atoms with Gasteiger partial charge in [-0.1, -0.05) is 57.2 Å². The molecule has 0 aliphatic heterocycles. The van der Waals surface area contributed by atoms with E-state index in [-0.39, 0.29) is 34.9 Å². The first-order valence-corrected chi connectivity index (χ1v) is 18.2. The molecule has 0 aromatic heterocycles. The molecule has 0 heterocycles. The summed E-state index contributed by atoms with van der Waals surface area (Å²) in [5.74, 6) is 0.0195. The number of nitrogens with one attached hydrogen (secondary N) is 2. The number of amides is 1. The number of aromatic hydroxyl groups is 1. The van der Waals surface area contributed by atoms with Crippen LogP contribution in [-0.4, -0.2) is 43.1 Å². The van der Waals surface area contributed by atoms with Crippen molar-refractivity contribution in [3.05, 3.63) is 99.6 Å². The summed E-state index contributed by atoms with van der Waals surface area (Å²) >= 11 is 0. The van der Waals surface area contributed by atoms with E-state index in [1.54, 1.807) is 6.07 Å². The Bertz CT molecular complexity index is 1390. The maximum Gasteiger partial charge on any atom is 0.251 e. The van der Waals surface area contributed by atoms with E-state index in [4.69, 9.17) is 4.43 Å². The average Bonchev–Trinajstić information content (AvgIpc) is 2.92. The fourth-order valence-corrected chi connectivity index (χ4v) is 6.12. The van der Waals surface area contributed by atoms with Gasteiger partial charge in [-0.05, 0) is 111 Å². The monoisotopic (exact) mass is 604 g/mol. The zero-order valence-electron chi connectivity index (χ0n) is 27.6. The van der Waals surface area contributed by atoms with Gasteiger partial charge in [0.05, 0.1) is 12.7 Å². The van der Waals surface area contributed by atoms with Crippen LogP contribution < -0.4 is 10.6 Å². The number of phenols is 1. The third kappa shape index (κ3) is 9.76. The first-order chi connectivity index (χ1) is 20.0. The van der Waals surface area contributed by atoms with Crippen LogP contribution in [0.5, 0.6) is 5.75 Å². The van der Waals surface area contributed by atoms with Crippen molar-refractivity contribution in [2.75, 3.05) is 13.1 Å². The number of hydrogen-bond acceptors (Lipinski definition) is 5. The molecule has 0 saturated heterocycles. The summed E-state index contributed by atoms with van der Waals surface area (Å²) in [6, 6.07) is 19.6. The quantitative estimate of drug-likeness (QED) is 0.156. The molecule has 1 atom stereocenters. The molecule has 234 valence electrons. The van der Waals surface area contributed by atoms with Gasteiger partial charge in [-0.15, -0.1) is 0 Å². The molecule has 7 heteroatoms. The topological polar surface area (TPSA) is 90.8 Å². The Kier molecular flexibility index (Phi) is 11.4. The summed E-state index contributed by atoms with van der Waals surface area (Å²) in [7, 11) is -2.13. The van der Waals surface area contributed by atoms with Gasteiger partial charge in [0, 0.05) is 29.8 Å². The third-order valence-electron chi connectivity index (χ3n) is 8.76. The summed E-state index contributed by atoms with van der Waals surface area (Å²) in [6.45, 7) is 20.6. The second-order valence-corrected chi connectivity index (χ2v) is 18.7. The molecule has 0 fully saturated rings. The van der Waals surface area contributed by atoms with Crippen LogP contribution in [0.1, 0.15) is 84.5 Å². The molecule has 3 aromatic rings. The van der Waals surface area contributed by atoms with Gasteiger partial charge >= 0.3 is 0 Å². The van der Waals surface area contributed by atoms with Crippen molar-refractivity contribution in [1.29, 1.82) is 0 Å². The normalized spacial score (nSPS) is 13.2. The molecule has 43 heavy (non-hydrogen) atoms. The minimum Gasteiger partial charge on any atom is -0.508 e. The van der Waals surface area contributed by atoms with Gasteiger partial charge < -0.3 is 25.3 Å². The fourth-order valence-electron chi connectivity index (χ4n) is 4.84. The Hall–Kier alpha value is -2.97. The molecule has 0 radical (unpaired) electrons. The van der Waals surface area contributed by atoms with Gasteiger partial charge in [-0.3, -0.25) is 4.79 Å². The van der Waals surface area contributed by atoms with Gasteiger partial charge in [-0.25, -0.2) is 0 Å². The van der Waals surface area contributed by atoms with Gasteiger partial charge in [0.25, 0.3) is 5.91 Å².